The molecule has 2 N–H and O–H groups in total. The van der Waals surface area contributed by atoms with Crippen LogP contribution in [0.1, 0.15) is 18.3 Å². The molecule has 0 spiro atoms. The second-order valence-corrected chi connectivity index (χ2v) is 6.09. The number of benzene rings is 1. The largest absolute Gasteiger partial charge is 0.368 e. The number of anilines is 1. The van der Waals surface area contributed by atoms with Crippen molar-refractivity contribution in [3.05, 3.63) is 54.0 Å². The number of piperazine rings is 1. The predicted octanol–water partition coefficient (Wildman–Crippen LogP) is 1.06. The summed E-state index contributed by atoms with van der Waals surface area (Å²) in [5.74, 6) is 1.50. The fourth-order valence-electron chi connectivity index (χ4n) is 2.95. The Hall–Kier alpha value is -2.47. The first-order valence-electron chi connectivity index (χ1n) is 8.27. The number of rotatable bonds is 5. The van der Waals surface area contributed by atoms with Gasteiger partial charge in [-0.15, -0.1) is 0 Å². The molecule has 6 nitrogen and oxygen atoms in total. The lowest BCUT2D eigenvalue weighted by Crippen LogP contribution is -2.53. The number of carbonyl (C=O) groups excluding carboxylic acids is 1. The minimum atomic E-state index is -0.268. The molecule has 1 aliphatic rings. The third-order valence-electron chi connectivity index (χ3n) is 4.49. The van der Waals surface area contributed by atoms with Gasteiger partial charge in [0, 0.05) is 38.8 Å². The van der Waals surface area contributed by atoms with Crippen LogP contribution < -0.4 is 10.6 Å². The van der Waals surface area contributed by atoms with E-state index in [1.165, 1.54) is 5.56 Å². The Morgan fingerprint density at radius 2 is 1.88 bits per heavy atom. The summed E-state index contributed by atoms with van der Waals surface area (Å²) in [7, 11) is 0. The Kier molecular flexibility index (Phi) is 5.05. The third kappa shape index (κ3) is 3.89. The molecule has 24 heavy (non-hydrogen) atoms. The van der Waals surface area contributed by atoms with Crippen molar-refractivity contribution in [3.8, 4) is 0 Å². The van der Waals surface area contributed by atoms with Crippen LogP contribution in [0, 0.1) is 0 Å². The summed E-state index contributed by atoms with van der Waals surface area (Å²) >= 11 is 0. The highest BCUT2D eigenvalue weighted by Gasteiger charge is 2.24. The molecule has 0 radical (unpaired) electrons. The highest BCUT2D eigenvalue weighted by Crippen LogP contribution is 2.15. The monoisotopic (exact) mass is 325 g/mol. The van der Waals surface area contributed by atoms with E-state index in [-0.39, 0.29) is 11.9 Å². The number of nitrogens with zero attached hydrogens (tertiary/aromatic N) is 4. The Labute approximate surface area is 142 Å². The van der Waals surface area contributed by atoms with Crippen LogP contribution >= 0.6 is 0 Å². The van der Waals surface area contributed by atoms with E-state index in [9.17, 15) is 4.79 Å². The van der Waals surface area contributed by atoms with Gasteiger partial charge in [-0.1, -0.05) is 30.3 Å². The number of hydrogen-bond donors (Lipinski definition) is 1. The zero-order valence-corrected chi connectivity index (χ0v) is 13.9. The lowest BCUT2D eigenvalue weighted by Gasteiger charge is -2.37. The first kappa shape index (κ1) is 16.4. The molecule has 1 atom stereocenters. The minimum absolute atomic E-state index is 0.216. The van der Waals surface area contributed by atoms with Gasteiger partial charge in [-0.25, -0.2) is 9.97 Å². The Balaban J connectivity index is 1.64. The van der Waals surface area contributed by atoms with E-state index >= 15 is 0 Å². The molecule has 2 aromatic rings. The van der Waals surface area contributed by atoms with E-state index in [1.807, 2.05) is 37.4 Å². The fraction of sp³-hybridized carbons (Fsp3) is 0.389. The van der Waals surface area contributed by atoms with Gasteiger partial charge in [-0.2, -0.15) is 0 Å². The molecular weight excluding hydrogens is 302 g/mol. The van der Waals surface area contributed by atoms with Crippen LogP contribution in [0.2, 0.25) is 0 Å². The Bertz CT molecular complexity index is 683. The number of amides is 1. The quantitative estimate of drug-likeness (QED) is 0.890. The average molecular weight is 325 g/mol. The smallest absolute Gasteiger partial charge is 0.234 e. The Morgan fingerprint density at radius 3 is 2.54 bits per heavy atom. The van der Waals surface area contributed by atoms with Gasteiger partial charge >= 0.3 is 0 Å². The minimum Gasteiger partial charge on any atom is -0.368 e. The van der Waals surface area contributed by atoms with Gasteiger partial charge in [-0.05, 0) is 18.6 Å². The van der Waals surface area contributed by atoms with Crippen LogP contribution in [0.15, 0.2) is 42.6 Å². The maximum atomic E-state index is 11.3. The van der Waals surface area contributed by atoms with Crippen LogP contribution in [0.3, 0.4) is 0 Å². The molecule has 0 unspecified atom stereocenters. The zero-order chi connectivity index (χ0) is 16.9. The first-order valence-corrected chi connectivity index (χ1v) is 8.27. The normalized spacial score (nSPS) is 16.8. The van der Waals surface area contributed by atoms with Crippen molar-refractivity contribution in [1.82, 2.24) is 14.9 Å². The van der Waals surface area contributed by atoms with Crippen molar-refractivity contribution in [2.75, 3.05) is 31.1 Å². The second-order valence-electron chi connectivity index (χ2n) is 6.09. The van der Waals surface area contributed by atoms with Gasteiger partial charge in [0.25, 0.3) is 0 Å². The van der Waals surface area contributed by atoms with Crippen LogP contribution in [0.5, 0.6) is 0 Å². The van der Waals surface area contributed by atoms with E-state index in [2.05, 4.69) is 26.9 Å². The highest BCUT2D eigenvalue weighted by atomic mass is 16.1. The van der Waals surface area contributed by atoms with Crippen molar-refractivity contribution in [2.45, 2.75) is 19.4 Å². The van der Waals surface area contributed by atoms with Gasteiger partial charge < -0.3 is 10.6 Å². The van der Waals surface area contributed by atoms with Crippen molar-refractivity contribution < 1.29 is 4.79 Å². The summed E-state index contributed by atoms with van der Waals surface area (Å²) in [4.78, 5) is 24.8. The summed E-state index contributed by atoms with van der Waals surface area (Å²) in [5, 5.41) is 0. The van der Waals surface area contributed by atoms with Crippen molar-refractivity contribution >= 4 is 11.7 Å². The van der Waals surface area contributed by atoms with E-state index in [0.717, 1.165) is 44.2 Å². The topological polar surface area (TPSA) is 75.4 Å². The number of primary amides is 1. The van der Waals surface area contributed by atoms with Crippen molar-refractivity contribution in [2.24, 2.45) is 5.73 Å². The molecule has 2 heterocycles. The molecule has 1 saturated heterocycles. The first-order chi connectivity index (χ1) is 11.6. The van der Waals surface area contributed by atoms with E-state index in [0.29, 0.717) is 0 Å². The number of nitrogens with two attached hydrogens (primary N) is 1. The third-order valence-corrected chi connectivity index (χ3v) is 4.49. The van der Waals surface area contributed by atoms with Crippen LogP contribution in [0.25, 0.3) is 0 Å². The van der Waals surface area contributed by atoms with Crippen molar-refractivity contribution in [1.29, 1.82) is 0 Å². The maximum absolute atomic E-state index is 11.3. The molecule has 1 amide bonds. The molecule has 0 bridgehead atoms. The molecule has 1 aromatic carbocycles. The molecule has 6 heteroatoms. The highest BCUT2D eigenvalue weighted by molar-refractivity contribution is 5.79. The predicted molar refractivity (Wildman–Crippen MR) is 93.7 cm³/mol. The molecule has 1 aliphatic heterocycles. The average Bonchev–Trinajstić information content (AvgIpc) is 2.62. The molecule has 1 fully saturated rings. The molecular formula is C18H23N5O. The van der Waals surface area contributed by atoms with E-state index < -0.39 is 0 Å². The standard InChI is InChI=1S/C18H23N5O/c1-14(18(19)24)22-9-11-23(12-10-22)17-7-8-20-16(21-17)13-15-5-3-2-4-6-15/h2-8,14H,9-13H2,1H3,(H2,19,24)/t14-/m1/s1. The second kappa shape index (κ2) is 7.40. The Morgan fingerprint density at radius 1 is 1.17 bits per heavy atom. The lowest BCUT2D eigenvalue weighted by molar-refractivity contribution is -0.122. The van der Waals surface area contributed by atoms with Gasteiger partial charge in [0.15, 0.2) is 0 Å². The number of carbonyl (C=O) groups is 1. The van der Waals surface area contributed by atoms with Crippen LogP contribution in [0.4, 0.5) is 5.82 Å². The van der Waals surface area contributed by atoms with E-state index in [1.54, 1.807) is 0 Å². The molecule has 126 valence electrons. The molecule has 0 aliphatic carbocycles. The summed E-state index contributed by atoms with van der Waals surface area (Å²) in [6.07, 6.45) is 2.55. The van der Waals surface area contributed by atoms with Crippen molar-refractivity contribution in [3.63, 3.8) is 0 Å². The zero-order valence-electron chi connectivity index (χ0n) is 13.9. The van der Waals surface area contributed by atoms with Gasteiger partial charge in [-0.3, -0.25) is 9.69 Å². The lowest BCUT2D eigenvalue weighted by atomic mass is 10.1. The molecule has 0 saturated carbocycles. The molecule has 1 aromatic heterocycles. The van der Waals surface area contributed by atoms with Crippen LogP contribution in [-0.4, -0.2) is 53.0 Å². The van der Waals surface area contributed by atoms with Gasteiger partial charge in [0.05, 0.1) is 6.04 Å². The van der Waals surface area contributed by atoms with Gasteiger partial charge in [0.1, 0.15) is 11.6 Å². The summed E-state index contributed by atoms with van der Waals surface area (Å²) in [6, 6.07) is 12.0. The summed E-state index contributed by atoms with van der Waals surface area (Å²) in [5.41, 5.74) is 6.59. The maximum Gasteiger partial charge on any atom is 0.234 e. The van der Waals surface area contributed by atoms with Gasteiger partial charge in [0.2, 0.25) is 5.91 Å². The summed E-state index contributed by atoms with van der Waals surface area (Å²) < 4.78 is 0. The summed E-state index contributed by atoms with van der Waals surface area (Å²) in [6.45, 7) is 5.14. The fourth-order valence-corrected chi connectivity index (χ4v) is 2.95. The SMILES string of the molecule is C[C@H](C(N)=O)N1CCN(c2ccnc(Cc3ccccc3)n2)CC1. The van der Waals surface area contributed by atoms with Crippen LogP contribution in [-0.2, 0) is 11.2 Å². The number of hydrogen-bond acceptors (Lipinski definition) is 5. The molecule has 3 rings (SSSR count). The van der Waals surface area contributed by atoms with E-state index in [4.69, 9.17) is 10.7 Å². The number of aromatic nitrogens is 2.